The molecular weight excluding hydrogens is 589 g/mol. The number of aliphatic imine (C=N–C) groups is 1. The molecule has 1 saturated heterocycles. The fourth-order valence-corrected chi connectivity index (χ4v) is 14.3. The van der Waals surface area contributed by atoms with Crippen LogP contribution in [0.2, 0.25) is 5.54 Å². The van der Waals surface area contributed by atoms with E-state index in [0.29, 0.717) is 29.2 Å². The quantitative estimate of drug-likeness (QED) is 0.287. The predicted molar refractivity (Wildman–Crippen MR) is 170 cm³/mol. The van der Waals surface area contributed by atoms with E-state index in [9.17, 15) is 0 Å². The van der Waals surface area contributed by atoms with E-state index < -0.39 is 8.24 Å². The van der Waals surface area contributed by atoms with Crippen LogP contribution in [0, 0.1) is 31.1 Å². The first-order valence-electron chi connectivity index (χ1n) is 14.1. The first-order chi connectivity index (χ1) is 19.3. The standard InChI is InChI=1S/C32H35N3Si.CH3.2ClH.Cr/c1-3-13-25(14-4-1)36(26-15-5-2-6-16-26,35-24-12-23-34-22-11-21-33-32(34)35)31-29-19-9-7-17-27(29)28-18-8-10-20-30(28)31;;;;/h1-10,13-20,27-31H,11-12,21-24H2;1H3;2*1H;/q;-1;;;+3/p-2. The third-order valence-electron chi connectivity index (χ3n) is 9.23. The normalized spacial score (nSPS) is 27.9. The van der Waals surface area contributed by atoms with Crippen LogP contribution >= 0.6 is 20.1 Å². The van der Waals surface area contributed by atoms with E-state index in [2.05, 4.69) is 119 Å². The Morgan fingerprint density at radius 3 is 1.68 bits per heavy atom. The zero-order chi connectivity index (χ0) is 26.7. The molecule has 0 bridgehead atoms. The number of guanidine groups is 1. The first-order valence-corrected chi connectivity index (χ1v) is 19.6. The third-order valence-corrected chi connectivity index (χ3v) is 14.7. The zero-order valence-electron chi connectivity index (χ0n) is 23.0. The molecule has 7 heteroatoms. The van der Waals surface area contributed by atoms with Crippen LogP contribution < -0.4 is 10.4 Å². The van der Waals surface area contributed by atoms with Crippen molar-refractivity contribution in [3.63, 3.8) is 0 Å². The number of fused-ring (bicyclic) bond motifs is 4. The van der Waals surface area contributed by atoms with Crippen molar-refractivity contribution in [2.75, 3.05) is 26.2 Å². The van der Waals surface area contributed by atoms with Gasteiger partial charge in [-0.3, -0.25) is 4.99 Å². The van der Waals surface area contributed by atoms with Gasteiger partial charge in [-0.05, 0) is 52.4 Å². The molecule has 2 aliphatic heterocycles. The maximum atomic E-state index is 5.27. The summed E-state index contributed by atoms with van der Waals surface area (Å²) >= 11 is -0.181. The van der Waals surface area contributed by atoms with Crippen molar-refractivity contribution in [3.8, 4) is 0 Å². The van der Waals surface area contributed by atoms with Gasteiger partial charge in [0.1, 0.15) is 0 Å². The molecule has 1 saturated carbocycles. The van der Waals surface area contributed by atoms with Gasteiger partial charge < -0.3 is 16.9 Å². The molecule has 209 valence electrons. The second-order valence-electron chi connectivity index (χ2n) is 11.0. The number of benzene rings is 2. The average molecular weight is 628 g/mol. The van der Waals surface area contributed by atoms with Gasteiger partial charge >= 0.3 is 33.5 Å². The van der Waals surface area contributed by atoms with Gasteiger partial charge in [-0.1, -0.05) is 109 Å². The number of halogens is 2. The molecule has 2 heterocycles. The Kier molecular flexibility index (Phi) is 9.82. The Bertz CT molecular complexity index is 1210. The Hall–Kier alpha value is -2.00. The van der Waals surface area contributed by atoms with Crippen LogP contribution in [0.4, 0.5) is 0 Å². The van der Waals surface area contributed by atoms with Gasteiger partial charge in [0.05, 0.1) is 0 Å². The molecule has 5 aliphatic rings. The van der Waals surface area contributed by atoms with Crippen molar-refractivity contribution in [1.82, 2.24) is 9.47 Å². The number of hydrogen-bond acceptors (Lipinski definition) is 3. The van der Waals surface area contributed by atoms with Gasteiger partial charge in [0, 0.05) is 26.2 Å². The summed E-state index contributed by atoms with van der Waals surface area (Å²) in [5.41, 5.74) is 0.518. The molecule has 40 heavy (non-hydrogen) atoms. The van der Waals surface area contributed by atoms with Crippen LogP contribution in [0.25, 0.3) is 0 Å². The van der Waals surface area contributed by atoms with Gasteiger partial charge in [0.2, 0.25) is 8.24 Å². The summed E-state index contributed by atoms with van der Waals surface area (Å²) in [6, 6.07) is 23.2. The molecule has 0 amide bonds. The minimum absolute atomic E-state index is 0. The Labute approximate surface area is 256 Å². The molecule has 2 fully saturated rings. The van der Waals surface area contributed by atoms with Crippen LogP contribution in [0.1, 0.15) is 12.8 Å². The van der Waals surface area contributed by atoms with E-state index in [-0.39, 0.29) is 20.8 Å². The Morgan fingerprint density at radius 1 is 0.675 bits per heavy atom. The summed E-state index contributed by atoms with van der Waals surface area (Å²) < 4.78 is 2.88. The van der Waals surface area contributed by atoms with E-state index >= 15 is 0 Å². The summed E-state index contributed by atoms with van der Waals surface area (Å²) in [4.78, 5) is 7.86. The van der Waals surface area contributed by atoms with Crippen molar-refractivity contribution in [1.29, 1.82) is 0 Å². The fraction of sp³-hybridized carbons (Fsp3) is 0.333. The molecule has 3 aliphatic carbocycles. The summed E-state index contributed by atoms with van der Waals surface area (Å²) in [6.07, 6.45) is 21.7. The van der Waals surface area contributed by atoms with Crippen molar-refractivity contribution < 1.29 is 13.4 Å². The zero-order valence-corrected chi connectivity index (χ0v) is 26.8. The molecule has 0 spiro atoms. The molecule has 2 aromatic rings. The van der Waals surface area contributed by atoms with Gasteiger partial charge in [-0.2, -0.15) is 0 Å². The second-order valence-corrected chi connectivity index (χ2v) is 17.0. The van der Waals surface area contributed by atoms with E-state index in [4.69, 9.17) is 25.1 Å². The predicted octanol–water partition coefficient (Wildman–Crippen LogP) is 6.44. The van der Waals surface area contributed by atoms with Gasteiger partial charge in [-0.25, -0.2) is 0 Å². The Morgan fingerprint density at radius 2 is 1.15 bits per heavy atom. The molecule has 4 unspecified atom stereocenters. The van der Waals surface area contributed by atoms with Gasteiger partial charge in [0.25, 0.3) is 0 Å². The van der Waals surface area contributed by atoms with Crippen molar-refractivity contribution in [2.24, 2.45) is 28.7 Å². The number of allylic oxidation sites excluding steroid dienone is 8. The number of hydrogen-bond donors (Lipinski definition) is 0. The molecular formula is C33H38Cl2CrN3Si. The van der Waals surface area contributed by atoms with Crippen molar-refractivity contribution in [3.05, 3.63) is 117 Å². The van der Waals surface area contributed by atoms with Crippen LogP contribution in [-0.4, -0.2) is 49.8 Å². The maximum absolute atomic E-state index is 5.27. The average Bonchev–Trinajstić information content (AvgIpc) is 3.34. The summed E-state index contributed by atoms with van der Waals surface area (Å²) in [6.45, 7) is 4.31. The van der Waals surface area contributed by atoms with Crippen LogP contribution in [0.3, 0.4) is 0 Å². The number of nitrogens with zero attached hydrogens (tertiary/aromatic N) is 3. The summed E-state index contributed by atoms with van der Waals surface area (Å²) in [7, 11) is 7.10. The van der Waals surface area contributed by atoms with Crippen LogP contribution in [0.5, 0.6) is 0 Å². The summed E-state index contributed by atoms with van der Waals surface area (Å²) in [5, 5.41) is 3.06. The van der Waals surface area contributed by atoms with E-state index in [1.807, 2.05) is 0 Å². The first kappa shape index (κ1) is 29.5. The van der Waals surface area contributed by atoms with Crippen LogP contribution in [0.15, 0.2) is 114 Å². The monoisotopic (exact) mass is 626 g/mol. The molecule has 0 radical (unpaired) electrons. The molecule has 4 atom stereocenters. The third kappa shape index (κ3) is 5.10. The van der Waals surface area contributed by atoms with E-state index in [1.54, 1.807) is 0 Å². The van der Waals surface area contributed by atoms with Gasteiger partial charge in [-0.15, -0.1) is 0 Å². The molecule has 2 aromatic carbocycles. The fourth-order valence-electron chi connectivity index (χ4n) is 7.97. The van der Waals surface area contributed by atoms with Crippen LogP contribution in [-0.2, 0) is 13.4 Å². The summed E-state index contributed by atoms with van der Waals surface area (Å²) in [5.74, 6) is 3.42. The number of rotatable bonds is 4. The second kappa shape index (κ2) is 13.3. The van der Waals surface area contributed by atoms with E-state index in [0.717, 1.165) is 26.2 Å². The topological polar surface area (TPSA) is 18.8 Å². The minimum atomic E-state index is -2.55. The van der Waals surface area contributed by atoms with E-state index in [1.165, 1.54) is 29.2 Å². The van der Waals surface area contributed by atoms with Crippen molar-refractivity contribution >= 4 is 44.7 Å². The van der Waals surface area contributed by atoms with Crippen molar-refractivity contribution in [2.45, 2.75) is 18.4 Å². The Balaban J connectivity index is 0.000000774. The van der Waals surface area contributed by atoms with Gasteiger partial charge in [0.15, 0.2) is 5.96 Å². The molecule has 0 aromatic heterocycles. The molecule has 3 nitrogen and oxygen atoms in total. The molecule has 0 N–H and O–H groups in total. The molecule has 7 rings (SSSR count). The SMILES string of the molecule is C1=CC2C3C=CC=CC3C([Si](c3ccccc3)(c3ccccc3)N3CCCN4CCCN=C43)C2C=C1.[CH3-].[Cl][Cr+][Cl].